The van der Waals surface area contributed by atoms with Crippen LogP contribution in [0.5, 0.6) is 0 Å². The molecule has 0 radical (unpaired) electrons. The topological polar surface area (TPSA) is 108 Å². The molecule has 0 aromatic heterocycles. The molecule has 120 valence electrons. The van der Waals surface area contributed by atoms with Crippen LogP contribution in [0.4, 0.5) is 5.69 Å². The lowest BCUT2D eigenvalue weighted by molar-refractivity contribution is -0.144. The van der Waals surface area contributed by atoms with Crippen molar-refractivity contribution in [1.82, 2.24) is 5.32 Å². The van der Waals surface area contributed by atoms with Gasteiger partial charge in [0, 0.05) is 17.7 Å². The fraction of sp³-hybridized carbons (Fsp3) is 0.400. The standard InChI is InChI=1S/C15H20N2O5/c1-9-8-10(4-5-11(9)16)14(19)17-12(15(20)22-3)6-7-13(18)21-2/h4-5,8,12H,6-7,16H2,1-3H3,(H,17,19)/t12-/m0/s1. The van der Waals surface area contributed by atoms with E-state index in [-0.39, 0.29) is 12.8 Å². The van der Waals surface area contributed by atoms with Gasteiger partial charge in [-0.1, -0.05) is 0 Å². The molecular formula is C15H20N2O5. The van der Waals surface area contributed by atoms with Crippen LogP contribution in [0.1, 0.15) is 28.8 Å². The van der Waals surface area contributed by atoms with Gasteiger partial charge in [-0.2, -0.15) is 0 Å². The van der Waals surface area contributed by atoms with E-state index in [9.17, 15) is 14.4 Å². The molecule has 0 aliphatic rings. The first-order valence-corrected chi connectivity index (χ1v) is 6.70. The third kappa shape index (κ3) is 4.76. The van der Waals surface area contributed by atoms with Crippen LogP contribution in [0.15, 0.2) is 18.2 Å². The fourth-order valence-corrected chi connectivity index (χ4v) is 1.81. The zero-order valence-corrected chi connectivity index (χ0v) is 12.8. The molecule has 0 bridgehead atoms. The van der Waals surface area contributed by atoms with E-state index in [1.807, 2.05) is 0 Å². The van der Waals surface area contributed by atoms with Gasteiger partial charge in [-0.25, -0.2) is 4.79 Å². The Bertz CT molecular complexity index is 571. The third-order valence-electron chi connectivity index (χ3n) is 3.19. The Hall–Kier alpha value is -2.57. The molecule has 1 aromatic rings. The van der Waals surface area contributed by atoms with Crippen molar-refractivity contribution in [1.29, 1.82) is 0 Å². The summed E-state index contributed by atoms with van der Waals surface area (Å²) in [6.07, 6.45) is 0.0936. The highest BCUT2D eigenvalue weighted by Crippen LogP contribution is 2.13. The van der Waals surface area contributed by atoms with E-state index in [2.05, 4.69) is 14.8 Å². The zero-order valence-electron chi connectivity index (χ0n) is 12.8. The molecule has 0 fully saturated rings. The molecule has 0 spiro atoms. The Kier molecular flexibility index (Phi) is 6.37. The first-order chi connectivity index (χ1) is 10.4. The van der Waals surface area contributed by atoms with Gasteiger partial charge < -0.3 is 20.5 Å². The number of carbonyl (C=O) groups excluding carboxylic acids is 3. The highest BCUT2D eigenvalue weighted by Gasteiger charge is 2.23. The summed E-state index contributed by atoms with van der Waals surface area (Å²) >= 11 is 0. The number of nitrogens with two attached hydrogens (primary N) is 1. The van der Waals surface area contributed by atoms with Gasteiger partial charge in [-0.3, -0.25) is 9.59 Å². The predicted molar refractivity (Wildman–Crippen MR) is 80.1 cm³/mol. The SMILES string of the molecule is COC(=O)CC[C@H](NC(=O)c1ccc(N)c(C)c1)C(=O)OC. The molecule has 0 aliphatic carbocycles. The third-order valence-corrected chi connectivity index (χ3v) is 3.19. The molecule has 0 saturated carbocycles. The molecule has 1 atom stereocenters. The van der Waals surface area contributed by atoms with Crippen molar-refractivity contribution in [2.45, 2.75) is 25.8 Å². The van der Waals surface area contributed by atoms with Crippen molar-refractivity contribution < 1.29 is 23.9 Å². The molecule has 7 heteroatoms. The van der Waals surface area contributed by atoms with E-state index in [0.717, 1.165) is 5.56 Å². The van der Waals surface area contributed by atoms with E-state index in [0.29, 0.717) is 11.3 Å². The molecule has 1 amide bonds. The highest BCUT2D eigenvalue weighted by molar-refractivity contribution is 5.97. The summed E-state index contributed by atoms with van der Waals surface area (Å²) in [5.41, 5.74) is 7.41. The maximum atomic E-state index is 12.2. The second kappa shape index (κ2) is 8.02. The minimum atomic E-state index is -0.922. The number of ether oxygens (including phenoxy) is 2. The van der Waals surface area contributed by atoms with Crippen LogP contribution in [0, 0.1) is 6.92 Å². The van der Waals surface area contributed by atoms with Crippen molar-refractivity contribution in [3.63, 3.8) is 0 Å². The maximum absolute atomic E-state index is 12.2. The Morgan fingerprint density at radius 2 is 1.91 bits per heavy atom. The van der Waals surface area contributed by atoms with Crippen LogP contribution < -0.4 is 11.1 Å². The van der Waals surface area contributed by atoms with E-state index in [1.165, 1.54) is 14.2 Å². The van der Waals surface area contributed by atoms with Gasteiger partial charge in [-0.15, -0.1) is 0 Å². The van der Waals surface area contributed by atoms with Gasteiger partial charge >= 0.3 is 11.9 Å². The van der Waals surface area contributed by atoms with Crippen molar-refractivity contribution in [2.24, 2.45) is 0 Å². The van der Waals surface area contributed by atoms with Crippen molar-refractivity contribution in [3.05, 3.63) is 29.3 Å². The Labute approximate surface area is 128 Å². The predicted octanol–water partition coefficient (Wildman–Crippen LogP) is 0.802. The second-order valence-electron chi connectivity index (χ2n) is 4.74. The number of anilines is 1. The van der Waals surface area contributed by atoms with Crippen LogP contribution in [-0.4, -0.2) is 38.1 Å². The van der Waals surface area contributed by atoms with Gasteiger partial charge in [0.1, 0.15) is 6.04 Å². The molecule has 0 unspecified atom stereocenters. The van der Waals surface area contributed by atoms with Gasteiger partial charge in [0.2, 0.25) is 0 Å². The Balaban J connectivity index is 2.79. The van der Waals surface area contributed by atoms with Crippen LogP contribution >= 0.6 is 0 Å². The molecular weight excluding hydrogens is 288 g/mol. The van der Waals surface area contributed by atoms with Crippen molar-refractivity contribution in [2.75, 3.05) is 20.0 Å². The number of esters is 2. The van der Waals surface area contributed by atoms with Crippen molar-refractivity contribution >= 4 is 23.5 Å². The maximum Gasteiger partial charge on any atom is 0.328 e. The summed E-state index contributed by atoms with van der Waals surface area (Å²) in [7, 11) is 2.47. The van der Waals surface area contributed by atoms with E-state index in [4.69, 9.17) is 5.73 Å². The van der Waals surface area contributed by atoms with Gasteiger partial charge in [0.05, 0.1) is 14.2 Å². The molecule has 7 nitrogen and oxygen atoms in total. The van der Waals surface area contributed by atoms with Gasteiger partial charge in [0.25, 0.3) is 5.91 Å². The monoisotopic (exact) mass is 308 g/mol. The number of nitrogens with one attached hydrogen (secondary N) is 1. The molecule has 1 rings (SSSR count). The average molecular weight is 308 g/mol. The molecule has 0 aliphatic heterocycles. The molecule has 22 heavy (non-hydrogen) atoms. The van der Waals surface area contributed by atoms with Crippen molar-refractivity contribution in [3.8, 4) is 0 Å². The molecule has 0 heterocycles. The Morgan fingerprint density at radius 1 is 1.23 bits per heavy atom. The highest BCUT2D eigenvalue weighted by atomic mass is 16.5. The molecule has 0 saturated heterocycles. The summed E-state index contributed by atoms with van der Waals surface area (Å²) in [6.45, 7) is 1.78. The average Bonchev–Trinajstić information content (AvgIpc) is 2.52. The van der Waals surface area contributed by atoms with Gasteiger partial charge in [0.15, 0.2) is 0 Å². The largest absolute Gasteiger partial charge is 0.469 e. The van der Waals surface area contributed by atoms with Crippen LogP contribution in [0.2, 0.25) is 0 Å². The lowest BCUT2D eigenvalue weighted by Crippen LogP contribution is -2.41. The van der Waals surface area contributed by atoms with Crippen LogP contribution in [0.25, 0.3) is 0 Å². The number of hydrogen-bond donors (Lipinski definition) is 2. The number of methoxy groups -OCH3 is 2. The number of hydrogen-bond acceptors (Lipinski definition) is 6. The fourth-order valence-electron chi connectivity index (χ4n) is 1.81. The first kappa shape index (κ1) is 17.5. The van der Waals surface area contributed by atoms with E-state index < -0.39 is 23.9 Å². The summed E-state index contributed by atoms with van der Waals surface area (Å²) in [4.78, 5) is 35.0. The molecule has 1 aromatic carbocycles. The summed E-state index contributed by atoms with van der Waals surface area (Å²) < 4.78 is 9.15. The summed E-state index contributed by atoms with van der Waals surface area (Å²) in [5.74, 6) is -1.53. The van der Waals surface area contributed by atoms with E-state index >= 15 is 0 Å². The minimum absolute atomic E-state index is 0.00267. The minimum Gasteiger partial charge on any atom is -0.469 e. The Morgan fingerprint density at radius 3 is 2.45 bits per heavy atom. The lowest BCUT2D eigenvalue weighted by atomic mass is 10.1. The van der Waals surface area contributed by atoms with Crippen LogP contribution in [0.3, 0.4) is 0 Å². The van der Waals surface area contributed by atoms with Gasteiger partial charge in [-0.05, 0) is 37.1 Å². The number of nitrogen functional groups attached to an aromatic ring is 1. The second-order valence-corrected chi connectivity index (χ2v) is 4.74. The first-order valence-electron chi connectivity index (χ1n) is 6.70. The number of benzene rings is 1. The van der Waals surface area contributed by atoms with E-state index in [1.54, 1.807) is 25.1 Å². The zero-order chi connectivity index (χ0) is 16.7. The number of amides is 1. The number of rotatable bonds is 6. The molecule has 3 N–H and O–H groups in total. The number of carbonyl (C=O) groups is 3. The lowest BCUT2D eigenvalue weighted by Gasteiger charge is -2.16. The van der Waals surface area contributed by atoms with Crippen LogP contribution in [-0.2, 0) is 19.1 Å². The summed E-state index contributed by atoms with van der Waals surface area (Å²) in [5, 5.41) is 2.55. The quantitative estimate of drug-likeness (QED) is 0.594. The number of aryl methyl sites for hydroxylation is 1. The normalized spacial score (nSPS) is 11.4. The summed E-state index contributed by atoms with van der Waals surface area (Å²) in [6, 6.07) is 3.88. The smallest absolute Gasteiger partial charge is 0.328 e.